The Balaban J connectivity index is 2.10. The normalized spacial score (nSPS) is 37.6. The Hall–Kier alpha value is 0.877. The number of rotatable bonds is 2. The molecule has 0 aromatic heterocycles. The second-order valence-electron chi connectivity index (χ2n) is 6.77. The first-order valence-corrected chi connectivity index (χ1v) is 12.1. The van der Waals surface area contributed by atoms with E-state index in [1.807, 2.05) is 0 Å². The second-order valence-corrected chi connectivity index (χ2v) is 14.4. The lowest BCUT2D eigenvalue weighted by Crippen LogP contribution is -2.43. The summed E-state index contributed by atoms with van der Waals surface area (Å²) in [6, 6.07) is 0. The maximum atomic E-state index is 6.54. The molecular weight excluding hydrogens is 264 g/mol. The highest BCUT2D eigenvalue weighted by Crippen LogP contribution is 2.59. The molecule has 17 heavy (non-hydrogen) atoms. The van der Waals surface area contributed by atoms with Gasteiger partial charge >= 0.3 is 0 Å². The molecule has 2 aliphatic rings. The Labute approximate surface area is 116 Å². The lowest BCUT2D eigenvalue weighted by molar-refractivity contribution is 0.0478. The van der Waals surface area contributed by atoms with Crippen molar-refractivity contribution in [2.45, 2.75) is 62.4 Å². The van der Waals surface area contributed by atoms with Crippen molar-refractivity contribution in [3.8, 4) is 0 Å². The summed E-state index contributed by atoms with van der Waals surface area (Å²) in [7, 11) is -1.44. The first kappa shape index (κ1) is 14.3. The van der Waals surface area contributed by atoms with Crippen LogP contribution in [0.5, 0.6) is 0 Å². The molecule has 0 N–H and O–H groups in total. The molecule has 2 rings (SSSR count). The highest BCUT2D eigenvalue weighted by molar-refractivity contribution is 8.18. The van der Waals surface area contributed by atoms with Gasteiger partial charge < -0.3 is 4.43 Å². The van der Waals surface area contributed by atoms with Gasteiger partial charge in [-0.15, -0.1) is 23.5 Å². The first-order valence-electron chi connectivity index (χ1n) is 6.73. The van der Waals surface area contributed by atoms with Gasteiger partial charge in [0.05, 0.1) is 9.68 Å². The maximum Gasteiger partial charge on any atom is 0.184 e. The van der Waals surface area contributed by atoms with Gasteiger partial charge in [0.2, 0.25) is 0 Å². The zero-order valence-electron chi connectivity index (χ0n) is 11.8. The summed E-state index contributed by atoms with van der Waals surface area (Å²) < 4.78 is 7.02. The monoisotopic (exact) mass is 290 g/mol. The van der Waals surface area contributed by atoms with E-state index >= 15 is 0 Å². The highest BCUT2D eigenvalue weighted by atomic mass is 32.2. The largest absolute Gasteiger partial charge is 0.412 e. The summed E-state index contributed by atoms with van der Waals surface area (Å²) in [5.41, 5.74) is 0.127. The van der Waals surface area contributed by atoms with E-state index in [4.69, 9.17) is 4.43 Å². The Morgan fingerprint density at radius 2 is 1.76 bits per heavy atom. The molecule has 1 nitrogen and oxygen atoms in total. The van der Waals surface area contributed by atoms with Crippen molar-refractivity contribution in [3.05, 3.63) is 0 Å². The third kappa shape index (κ3) is 3.25. The SMILES string of the molecule is C[C@@H]1CC2(C[C@@]1(C)O[Si](C)(C)C)SCCCS2. The quantitative estimate of drug-likeness (QED) is 0.688. The smallest absolute Gasteiger partial charge is 0.184 e. The van der Waals surface area contributed by atoms with E-state index in [1.54, 1.807) is 0 Å². The molecule has 2 fully saturated rings. The van der Waals surface area contributed by atoms with Crippen molar-refractivity contribution >= 4 is 31.8 Å². The van der Waals surface area contributed by atoms with Gasteiger partial charge in [-0.2, -0.15) is 0 Å². The van der Waals surface area contributed by atoms with E-state index in [0.717, 1.165) is 0 Å². The molecule has 1 saturated carbocycles. The molecule has 1 saturated heterocycles. The van der Waals surface area contributed by atoms with E-state index < -0.39 is 8.32 Å². The van der Waals surface area contributed by atoms with Crippen LogP contribution in [-0.4, -0.2) is 29.5 Å². The molecule has 1 aliphatic heterocycles. The minimum absolute atomic E-state index is 0.127. The van der Waals surface area contributed by atoms with Gasteiger partial charge in [-0.1, -0.05) is 6.92 Å². The van der Waals surface area contributed by atoms with Crippen LogP contribution < -0.4 is 0 Å². The van der Waals surface area contributed by atoms with Gasteiger partial charge in [-0.3, -0.25) is 0 Å². The van der Waals surface area contributed by atoms with Gasteiger partial charge in [0.25, 0.3) is 0 Å². The van der Waals surface area contributed by atoms with Crippen molar-refractivity contribution in [2.75, 3.05) is 11.5 Å². The molecule has 0 aromatic rings. The maximum absolute atomic E-state index is 6.54. The van der Waals surface area contributed by atoms with Crippen LogP contribution in [0.15, 0.2) is 0 Å². The van der Waals surface area contributed by atoms with E-state index in [0.29, 0.717) is 10.00 Å². The summed E-state index contributed by atoms with van der Waals surface area (Å²) in [4.78, 5) is 0. The van der Waals surface area contributed by atoms with E-state index in [-0.39, 0.29) is 5.60 Å². The van der Waals surface area contributed by atoms with E-state index in [2.05, 4.69) is 57.0 Å². The lowest BCUT2D eigenvalue weighted by Gasteiger charge is -2.38. The molecule has 1 spiro atoms. The van der Waals surface area contributed by atoms with Crippen molar-refractivity contribution in [1.82, 2.24) is 0 Å². The molecule has 1 heterocycles. The van der Waals surface area contributed by atoms with E-state index in [1.165, 1.54) is 30.8 Å². The average molecular weight is 291 g/mol. The van der Waals surface area contributed by atoms with Gasteiger partial charge in [0.1, 0.15) is 0 Å². The molecule has 2 atom stereocenters. The van der Waals surface area contributed by atoms with Crippen LogP contribution in [-0.2, 0) is 4.43 Å². The Kier molecular flexibility index (Phi) is 4.01. The Morgan fingerprint density at radius 1 is 1.18 bits per heavy atom. The third-order valence-electron chi connectivity index (χ3n) is 3.84. The van der Waals surface area contributed by atoms with Crippen LogP contribution in [0, 0.1) is 5.92 Å². The van der Waals surface area contributed by atoms with E-state index in [9.17, 15) is 0 Å². The summed E-state index contributed by atoms with van der Waals surface area (Å²) >= 11 is 4.41. The lowest BCUT2D eigenvalue weighted by atomic mass is 9.95. The van der Waals surface area contributed by atoms with Crippen LogP contribution in [0.3, 0.4) is 0 Å². The predicted octanol–water partition coefficient (Wildman–Crippen LogP) is 4.59. The number of hydrogen-bond donors (Lipinski definition) is 0. The average Bonchev–Trinajstić information content (AvgIpc) is 2.35. The van der Waals surface area contributed by atoms with Gasteiger partial charge in [-0.25, -0.2) is 0 Å². The minimum Gasteiger partial charge on any atom is -0.412 e. The fraction of sp³-hybridized carbons (Fsp3) is 1.00. The molecule has 0 unspecified atom stereocenters. The van der Waals surface area contributed by atoms with Gasteiger partial charge in [0.15, 0.2) is 8.32 Å². The third-order valence-corrected chi connectivity index (χ3v) is 8.28. The zero-order chi connectivity index (χ0) is 12.7. The Morgan fingerprint density at radius 3 is 2.29 bits per heavy atom. The van der Waals surface area contributed by atoms with Gasteiger partial charge in [0, 0.05) is 0 Å². The summed E-state index contributed by atoms with van der Waals surface area (Å²) in [6.07, 6.45) is 3.97. The van der Waals surface area contributed by atoms with Crippen LogP contribution in [0.4, 0.5) is 0 Å². The molecular formula is C13H26OS2Si. The number of hydrogen-bond acceptors (Lipinski definition) is 3. The first-order chi connectivity index (χ1) is 7.75. The fourth-order valence-electron chi connectivity index (χ4n) is 3.14. The fourth-order valence-corrected chi connectivity index (χ4v) is 8.66. The van der Waals surface area contributed by atoms with Crippen molar-refractivity contribution < 1.29 is 4.43 Å². The van der Waals surface area contributed by atoms with Crippen molar-refractivity contribution in [3.63, 3.8) is 0 Å². The Bertz CT molecular complexity index is 284. The summed E-state index contributed by atoms with van der Waals surface area (Å²) in [5, 5.41) is 0. The zero-order valence-corrected chi connectivity index (χ0v) is 14.5. The molecule has 4 heteroatoms. The number of thioether (sulfide) groups is 2. The molecule has 0 aromatic carbocycles. The van der Waals surface area contributed by atoms with Crippen LogP contribution in [0.1, 0.15) is 33.1 Å². The highest BCUT2D eigenvalue weighted by Gasteiger charge is 2.53. The molecule has 0 amide bonds. The van der Waals surface area contributed by atoms with Crippen LogP contribution >= 0.6 is 23.5 Å². The van der Waals surface area contributed by atoms with Crippen LogP contribution in [0.25, 0.3) is 0 Å². The standard InChI is InChI=1S/C13H26OS2Si/c1-11-9-13(15-7-6-8-16-13)10-12(11,2)14-17(3,4)5/h11H,6-10H2,1-5H3/t11-,12-/m1/s1. The van der Waals surface area contributed by atoms with Gasteiger partial charge in [-0.05, 0) is 63.3 Å². The second kappa shape index (κ2) is 4.77. The van der Waals surface area contributed by atoms with Crippen molar-refractivity contribution in [1.29, 1.82) is 0 Å². The molecule has 0 radical (unpaired) electrons. The topological polar surface area (TPSA) is 9.23 Å². The molecule has 0 bridgehead atoms. The minimum atomic E-state index is -1.44. The van der Waals surface area contributed by atoms with Crippen molar-refractivity contribution in [2.24, 2.45) is 5.92 Å². The molecule has 100 valence electrons. The summed E-state index contributed by atoms with van der Waals surface area (Å²) in [5.74, 6) is 3.40. The molecule has 1 aliphatic carbocycles. The predicted molar refractivity (Wildman–Crippen MR) is 83.5 cm³/mol. The summed E-state index contributed by atoms with van der Waals surface area (Å²) in [6.45, 7) is 11.7. The van der Waals surface area contributed by atoms with Crippen LogP contribution in [0.2, 0.25) is 19.6 Å².